The summed E-state index contributed by atoms with van der Waals surface area (Å²) in [6.07, 6.45) is 1.09. The molecular weight excluding hydrogens is 321 g/mol. The Bertz CT molecular complexity index is 815. The summed E-state index contributed by atoms with van der Waals surface area (Å²) >= 11 is 0. The highest BCUT2D eigenvalue weighted by molar-refractivity contribution is 6.62. The van der Waals surface area contributed by atoms with Gasteiger partial charge in [0.15, 0.2) is 0 Å². The second-order valence-electron chi connectivity index (χ2n) is 8.52. The molecule has 136 valence electrons. The second-order valence-corrected chi connectivity index (χ2v) is 8.52. The molecule has 0 atom stereocenters. The minimum atomic E-state index is -0.315. The van der Waals surface area contributed by atoms with E-state index < -0.39 is 0 Å². The monoisotopic (exact) mass is 349 g/mol. The molecule has 0 N–H and O–H groups in total. The second kappa shape index (κ2) is 6.14. The van der Waals surface area contributed by atoms with E-state index in [1.807, 2.05) is 0 Å². The Labute approximate surface area is 157 Å². The molecule has 1 saturated heterocycles. The van der Waals surface area contributed by atoms with E-state index in [4.69, 9.17) is 9.31 Å². The van der Waals surface area contributed by atoms with E-state index in [0.29, 0.717) is 0 Å². The molecule has 2 heterocycles. The Kier molecular flexibility index (Phi) is 4.16. The largest absolute Gasteiger partial charge is 0.495 e. The molecule has 0 unspecified atom stereocenters. The third-order valence-electron chi connectivity index (χ3n) is 6.33. The van der Waals surface area contributed by atoms with Crippen LogP contribution in [0, 0.1) is 6.92 Å². The third-order valence-corrected chi connectivity index (χ3v) is 6.33. The summed E-state index contributed by atoms with van der Waals surface area (Å²) in [5, 5.41) is 0. The highest BCUT2D eigenvalue weighted by atomic mass is 16.7. The first-order valence-corrected chi connectivity index (χ1v) is 9.55. The van der Waals surface area contributed by atoms with Crippen LogP contribution >= 0.6 is 0 Å². The van der Waals surface area contributed by atoms with Crippen molar-refractivity contribution in [3.8, 4) is 0 Å². The Morgan fingerprint density at radius 1 is 0.885 bits per heavy atom. The smallest absolute Gasteiger partial charge is 0.399 e. The maximum atomic E-state index is 6.29. The molecule has 0 bridgehead atoms. The minimum Gasteiger partial charge on any atom is -0.399 e. The van der Waals surface area contributed by atoms with Gasteiger partial charge in [-0.05, 0) is 69.3 Å². The fourth-order valence-corrected chi connectivity index (χ4v) is 3.91. The summed E-state index contributed by atoms with van der Waals surface area (Å²) in [5.74, 6) is 0. The maximum Gasteiger partial charge on any atom is 0.495 e. The molecule has 4 heteroatoms. The van der Waals surface area contributed by atoms with Gasteiger partial charge in [0.05, 0.1) is 11.2 Å². The minimum absolute atomic E-state index is 0.308. The first kappa shape index (κ1) is 17.6. The van der Waals surface area contributed by atoms with Crippen LogP contribution < -0.4 is 10.4 Å². The number of benzene rings is 2. The van der Waals surface area contributed by atoms with Crippen molar-refractivity contribution in [2.45, 2.75) is 58.8 Å². The lowest BCUT2D eigenvalue weighted by Gasteiger charge is -2.32. The van der Waals surface area contributed by atoms with Gasteiger partial charge in [0.2, 0.25) is 0 Å². The zero-order chi connectivity index (χ0) is 18.5. The highest BCUT2D eigenvalue weighted by Gasteiger charge is 2.52. The van der Waals surface area contributed by atoms with Gasteiger partial charge in [-0.2, -0.15) is 0 Å². The Morgan fingerprint density at radius 2 is 1.54 bits per heavy atom. The van der Waals surface area contributed by atoms with Gasteiger partial charge >= 0.3 is 7.12 Å². The van der Waals surface area contributed by atoms with Crippen molar-refractivity contribution in [3.05, 3.63) is 59.2 Å². The lowest BCUT2D eigenvalue weighted by atomic mass is 9.75. The molecule has 2 aromatic carbocycles. The molecule has 4 rings (SSSR count). The quantitative estimate of drug-likeness (QED) is 0.769. The number of fused-ring (bicyclic) bond motifs is 1. The third kappa shape index (κ3) is 2.85. The van der Waals surface area contributed by atoms with Crippen molar-refractivity contribution in [2.24, 2.45) is 0 Å². The average Bonchev–Trinajstić information content (AvgIpc) is 2.82. The van der Waals surface area contributed by atoms with Crippen molar-refractivity contribution in [2.75, 3.05) is 11.4 Å². The molecule has 0 radical (unpaired) electrons. The maximum absolute atomic E-state index is 6.29. The van der Waals surface area contributed by atoms with Gasteiger partial charge < -0.3 is 14.2 Å². The van der Waals surface area contributed by atoms with Crippen LogP contribution in [-0.2, 0) is 22.3 Å². The van der Waals surface area contributed by atoms with Crippen molar-refractivity contribution in [1.29, 1.82) is 0 Å². The molecule has 26 heavy (non-hydrogen) atoms. The topological polar surface area (TPSA) is 21.7 Å². The van der Waals surface area contributed by atoms with Gasteiger partial charge in [-0.15, -0.1) is 0 Å². The van der Waals surface area contributed by atoms with Gasteiger partial charge in [0.25, 0.3) is 0 Å². The van der Waals surface area contributed by atoms with E-state index in [9.17, 15) is 0 Å². The lowest BCUT2D eigenvalue weighted by Crippen LogP contribution is -2.41. The standard InChI is InChI=1S/C22H28BNO2/c1-16-19(23-25-21(2,3)22(4,5)26-23)11-8-12-20(16)24-14-13-17-9-6-7-10-18(17)15-24/h6-12H,13-15H2,1-5H3. The molecule has 0 aromatic heterocycles. The Hall–Kier alpha value is -1.78. The average molecular weight is 349 g/mol. The Morgan fingerprint density at radius 3 is 2.23 bits per heavy atom. The van der Waals surface area contributed by atoms with E-state index in [0.717, 1.165) is 25.0 Å². The summed E-state index contributed by atoms with van der Waals surface area (Å²) in [6, 6.07) is 15.3. The van der Waals surface area contributed by atoms with Crippen LogP contribution in [-0.4, -0.2) is 24.9 Å². The predicted octanol–water partition coefficient (Wildman–Crippen LogP) is 3.86. The van der Waals surface area contributed by atoms with Crippen LogP contribution in [0.2, 0.25) is 0 Å². The fourth-order valence-electron chi connectivity index (χ4n) is 3.91. The summed E-state index contributed by atoms with van der Waals surface area (Å²) in [4.78, 5) is 2.48. The Balaban J connectivity index is 1.64. The van der Waals surface area contributed by atoms with Gasteiger partial charge in [-0.25, -0.2) is 0 Å². The van der Waals surface area contributed by atoms with Crippen LogP contribution in [0.5, 0.6) is 0 Å². The van der Waals surface area contributed by atoms with Crippen molar-refractivity contribution in [3.63, 3.8) is 0 Å². The van der Waals surface area contributed by atoms with E-state index in [-0.39, 0.29) is 18.3 Å². The zero-order valence-electron chi connectivity index (χ0n) is 16.5. The summed E-state index contributed by atoms with van der Waals surface area (Å²) in [7, 11) is -0.308. The van der Waals surface area contributed by atoms with Crippen LogP contribution in [0.4, 0.5) is 5.69 Å². The van der Waals surface area contributed by atoms with Crippen molar-refractivity contribution in [1.82, 2.24) is 0 Å². The SMILES string of the molecule is Cc1c(B2OC(C)(C)C(C)(C)O2)cccc1N1CCc2ccccc2C1. The number of rotatable bonds is 2. The van der Waals surface area contributed by atoms with Gasteiger partial charge in [-0.1, -0.05) is 36.4 Å². The van der Waals surface area contributed by atoms with E-state index in [2.05, 4.69) is 82.0 Å². The van der Waals surface area contributed by atoms with Crippen LogP contribution in [0.15, 0.2) is 42.5 Å². The van der Waals surface area contributed by atoms with Crippen molar-refractivity contribution < 1.29 is 9.31 Å². The summed E-state index contributed by atoms with van der Waals surface area (Å²) in [5.41, 5.74) is 5.95. The van der Waals surface area contributed by atoms with E-state index >= 15 is 0 Å². The molecule has 0 amide bonds. The number of hydrogen-bond donors (Lipinski definition) is 0. The summed E-state index contributed by atoms with van der Waals surface area (Å²) in [6.45, 7) is 12.6. The fraction of sp³-hybridized carbons (Fsp3) is 0.455. The number of nitrogens with zero attached hydrogens (tertiary/aromatic N) is 1. The van der Waals surface area contributed by atoms with Crippen LogP contribution in [0.25, 0.3) is 0 Å². The van der Waals surface area contributed by atoms with E-state index in [1.165, 1.54) is 22.4 Å². The molecule has 0 aliphatic carbocycles. The first-order chi connectivity index (χ1) is 12.3. The molecule has 2 aliphatic heterocycles. The molecule has 0 saturated carbocycles. The summed E-state index contributed by atoms with van der Waals surface area (Å²) < 4.78 is 12.6. The molecule has 0 spiro atoms. The van der Waals surface area contributed by atoms with Gasteiger partial charge in [0, 0.05) is 18.8 Å². The molecule has 2 aromatic rings. The number of hydrogen-bond acceptors (Lipinski definition) is 3. The molecule has 2 aliphatic rings. The van der Waals surface area contributed by atoms with Gasteiger partial charge in [0.1, 0.15) is 0 Å². The molecule has 3 nitrogen and oxygen atoms in total. The predicted molar refractivity (Wildman–Crippen MR) is 108 cm³/mol. The first-order valence-electron chi connectivity index (χ1n) is 9.55. The molecule has 1 fully saturated rings. The molecular formula is C22H28BNO2. The van der Waals surface area contributed by atoms with E-state index in [1.54, 1.807) is 0 Å². The zero-order valence-corrected chi connectivity index (χ0v) is 16.5. The number of anilines is 1. The highest BCUT2D eigenvalue weighted by Crippen LogP contribution is 2.37. The normalized spacial score (nSPS) is 21.0. The lowest BCUT2D eigenvalue weighted by molar-refractivity contribution is 0.00578. The van der Waals surface area contributed by atoms with Crippen LogP contribution in [0.3, 0.4) is 0 Å². The van der Waals surface area contributed by atoms with Gasteiger partial charge in [-0.3, -0.25) is 0 Å². The van der Waals surface area contributed by atoms with Crippen LogP contribution in [0.1, 0.15) is 44.4 Å². The van der Waals surface area contributed by atoms with Crippen molar-refractivity contribution >= 4 is 18.3 Å².